The van der Waals surface area contributed by atoms with Crippen LogP contribution in [0, 0.1) is 6.92 Å². The molecule has 0 bridgehead atoms. The second-order valence-corrected chi connectivity index (χ2v) is 8.79. The zero-order chi connectivity index (χ0) is 21.3. The third-order valence-electron chi connectivity index (χ3n) is 4.77. The number of nitrogens with zero attached hydrogens (tertiary/aromatic N) is 1. The number of rotatable bonds is 5. The Morgan fingerprint density at radius 1 is 1.07 bits per heavy atom. The van der Waals surface area contributed by atoms with Crippen LogP contribution >= 0.6 is 27.3 Å². The number of aryl methyl sites for hydroxylation is 1. The summed E-state index contributed by atoms with van der Waals surface area (Å²) in [6.45, 7) is 3.55. The molecule has 2 aromatic carbocycles. The topological polar surface area (TPSA) is 56.3 Å². The molecular formula is C24H18BrNO3S. The van der Waals surface area contributed by atoms with Crippen LogP contribution in [0.5, 0.6) is 0 Å². The molecule has 150 valence electrons. The first-order valence-electron chi connectivity index (χ1n) is 9.39. The van der Waals surface area contributed by atoms with Crippen molar-refractivity contribution in [1.82, 2.24) is 4.98 Å². The maximum absolute atomic E-state index is 13.1. The fourth-order valence-corrected chi connectivity index (χ4v) is 4.55. The van der Waals surface area contributed by atoms with Gasteiger partial charge in [0.15, 0.2) is 6.10 Å². The predicted molar refractivity (Wildman–Crippen MR) is 123 cm³/mol. The molecule has 6 heteroatoms. The van der Waals surface area contributed by atoms with Gasteiger partial charge in [0, 0.05) is 15.4 Å². The number of hydrogen-bond donors (Lipinski definition) is 0. The van der Waals surface area contributed by atoms with E-state index in [9.17, 15) is 9.59 Å². The first kappa shape index (κ1) is 20.4. The van der Waals surface area contributed by atoms with Crippen LogP contribution < -0.4 is 0 Å². The van der Waals surface area contributed by atoms with Crippen molar-refractivity contribution in [2.75, 3.05) is 0 Å². The highest BCUT2D eigenvalue weighted by Crippen LogP contribution is 2.31. The van der Waals surface area contributed by atoms with Crippen LogP contribution in [0.3, 0.4) is 0 Å². The molecule has 4 rings (SSSR count). The van der Waals surface area contributed by atoms with E-state index in [0.29, 0.717) is 22.2 Å². The summed E-state index contributed by atoms with van der Waals surface area (Å²) < 4.78 is 6.43. The van der Waals surface area contributed by atoms with Gasteiger partial charge in [0.1, 0.15) is 0 Å². The molecule has 1 unspecified atom stereocenters. The Balaban J connectivity index is 1.75. The monoisotopic (exact) mass is 479 g/mol. The van der Waals surface area contributed by atoms with Crippen molar-refractivity contribution in [1.29, 1.82) is 0 Å². The number of halogens is 1. The number of thiophene rings is 1. The van der Waals surface area contributed by atoms with Gasteiger partial charge in [-0.2, -0.15) is 0 Å². The third-order valence-corrected chi connectivity index (χ3v) is 6.12. The highest BCUT2D eigenvalue weighted by atomic mass is 79.9. The number of carbonyl (C=O) groups is 2. The molecule has 0 saturated carbocycles. The Bertz CT molecular complexity index is 1240. The number of ketones is 1. The van der Waals surface area contributed by atoms with Crippen LogP contribution in [0.15, 0.2) is 70.5 Å². The van der Waals surface area contributed by atoms with Crippen molar-refractivity contribution >= 4 is 49.9 Å². The molecule has 4 nitrogen and oxygen atoms in total. The number of carbonyl (C=O) groups excluding carboxylic acids is 2. The zero-order valence-corrected chi connectivity index (χ0v) is 18.8. The highest BCUT2D eigenvalue weighted by molar-refractivity contribution is 9.10. The van der Waals surface area contributed by atoms with Gasteiger partial charge in [-0.05, 0) is 49.1 Å². The third kappa shape index (κ3) is 4.06. The summed E-state index contributed by atoms with van der Waals surface area (Å²) >= 11 is 5.05. The Labute approximate surface area is 186 Å². The second-order valence-electron chi connectivity index (χ2n) is 6.93. The quantitative estimate of drug-likeness (QED) is 0.243. The molecule has 0 amide bonds. The normalized spacial score (nSPS) is 12.0. The van der Waals surface area contributed by atoms with Crippen molar-refractivity contribution < 1.29 is 14.3 Å². The van der Waals surface area contributed by atoms with Crippen molar-refractivity contribution in [2.45, 2.75) is 20.0 Å². The molecule has 0 aliphatic carbocycles. The summed E-state index contributed by atoms with van der Waals surface area (Å²) in [7, 11) is 0. The molecule has 0 spiro atoms. The molecule has 0 N–H and O–H groups in total. The van der Waals surface area contributed by atoms with Crippen LogP contribution in [-0.2, 0) is 4.74 Å². The maximum Gasteiger partial charge on any atom is 0.339 e. The smallest absolute Gasteiger partial charge is 0.339 e. The van der Waals surface area contributed by atoms with Gasteiger partial charge in [-0.15, -0.1) is 11.3 Å². The highest BCUT2D eigenvalue weighted by Gasteiger charge is 2.23. The first-order chi connectivity index (χ1) is 14.4. The van der Waals surface area contributed by atoms with E-state index in [1.165, 1.54) is 0 Å². The molecule has 30 heavy (non-hydrogen) atoms. The fraction of sp³-hybridized carbons (Fsp3) is 0.125. The van der Waals surface area contributed by atoms with Gasteiger partial charge >= 0.3 is 5.97 Å². The minimum absolute atomic E-state index is 0.238. The Hall–Kier alpha value is -2.83. The average molecular weight is 480 g/mol. The minimum Gasteiger partial charge on any atom is -0.451 e. The van der Waals surface area contributed by atoms with Crippen LogP contribution in [-0.4, -0.2) is 22.8 Å². The summed E-state index contributed by atoms with van der Waals surface area (Å²) in [5.74, 6) is -0.785. The van der Waals surface area contributed by atoms with Crippen LogP contribution in [0.1, 0.15) is 33.2 Å². The number of esters is 1. The number of hydrogen-bond acceptors (Lipinski definition) is 5. The molecule has 0 aliphatic heterocycles. The van der Waals surface area contributed by atoms with Gasteiger partial charge in [-0.3, -0.25) is 4.79 Å². The van der Waals surface area contributed by atoms with Crippen LogP contribution in [0.25, 0.3) is 21.5 Å². The second kappa shape index (κ2) is 8.50. The number of aromatic nitrogens is 1. The van der Waals surface area contributed by atoms with E-state index < -0.39 is 12.1 Å². The molecule has 0 saturated heterocycles. The first-order valence-corrected chi connectivity index (χ1v) is 11.1. The summed E-state index contributed by atoms with van der Waals surface area (Å²) in [6.07, 6.45) is -0.901. The molecule has 2 heterocycles. The number of ether oxygens (including phenoxy) is 1. The number of Topliss-reactive ketones (excluding diaryl/α,β-unsaturated/α-hetero) is 1. The van der Waals surface area contributed by atoms with Crippen LogP contribution in [0.4, 0.5) is 0 Å². The van der Waals surface area contributed by atoms with E-state index in [4.69, 9.17) is 9.72 Å². The summed E-state index contributed by atoms with van der Waals surface area (Å²) in [6, 6.07) is 18.3. The molecule has 0 fully saturated rings. The summed E-state index contributed by atoms with van der Waals surface area (Å²) in [4.78, 5) is 31.5. The average Bonchev–Trinajstić information content (AvgIpc) is 3.28. The molecule has 0 aliphatic rings. The molecule has 4 aromatic rings. The van der Waals surface area contributed by atoms with Gasteiger partial charge in [-0.25, -0.2) is 9.78 Å². The maximum atomic E-state index is 13.1. The van der Waals surface area contributed by atoms with Crippen molar-refractivity contribution in [3.63, 3.8) is 0 Å². The van der Waals surface area contributed by atoms with Gasteiger partial charge in [0.05, 0.1) is 21.7 Å². The summed E-state index contributed by atoms with van der Waals surface area (Å²) in [5.41, 5.74) is 3.28. The van der Waals surface area contributed by atoms with Crippen LogP contribution in [0.2, 0.25) is 0 Å². The van der Waals surface area contributed by atoms with E-state index in [1.54, 1.807) is 48.6 Å². The number of benzene rings is 2. The van der Waals surface area contributed by atoms with Gasteiger partial charge < -0.3 is 4.74 Å². The van der Waals surface area contributed by atoms with Gasteiger partial charge in [-0.1, -0.05) is 52.3 Å². The largest absolute Gasteiger partial charge is 0.451 e. The molecule has 0 radical (unpaired) electrons. The van der Waals surface area contributed by atoms with E-state index in [2.05, 4.69) is 15.9 Å². The van der Waals surface area contributed by atoms with Crippen molar-refractivity contribution in [2.24, 2.45) is 0 Å². The lowest BCUT2D eigenvalue weighted by molar-refractivity contribution is 0.0320. The lowest BCUT2D eigenvalue weighted by Gasteiger charge is -2.15. The molecular weight excluding hydrogens is 462 g/mol. The molecule has 2 aromatic heterocycles. The summed E-state index contributed by atoms with van der Waals surface area (Å²) in [5, 5.41) is 2.65. The predicted octanol–water partition coefficient (Wildman–Crippen LogP) is 6.46. The molecule has 1 atom stereocenters. The Morgan fingerprint density at radius 2 is 1.83 bits per heavy atom. The standard InChI is InChI=1S/C24H18BrNO3S/c1-14-11-17(25)12-18-19(13-20(26-22(14)18)21-9-6-10-30-21)24(28)29-15(2)23(27)16-7-4-3-5-8-16/h3-13,15H,1-2H3. The van der Waals surface area contributed by atoms with E-state index >= 15 is 0 Å². The Morgan fingerprint density at radius 3 is 2.53 bits per heavy atom. The minimum atomic E-state index is -0.901. The number of fused-ring (bicyclic) bond motifs is 1. The van der Waals surface area contributed by atoms with E-state index in [0.717, 1.165) is 20.4 Å². The Kier molecular flexibility index (Phi) is 5.79. The fourth-order valence-electron chi connectivity index (χ4n) is 3.29. The van der Waals surface area contributed by atoms with Crippen molar-refractivity contribution in [3.05, 3.63) is 87.2 Å². The van der Waals surface area contributed by atoms with E-state index in [-0.39, 0.29) is 5.78 Å². The lowest BCUT2D eigenvalue weighted by atomic mass is 10.0. The lowest BCUT2D eigenvalue weighted by Crippen LogP contribution is -2.24. The SMILES string of the molecule is Cc1cc(Br)cc2c(C(=O)OC(C)C(=O)c3ccccc3)cc(-c3cccs3)nc12. The van der Waals surface area contributed by atoms with Gasteiger partial charge in [0.25, 0.3) is 0 Å². The van der Waals surface area contributed by atoms with Gasteiger partial charge in [0.2, 0.25) is 5.78 Å². The van der Waals surface area contributed by atoms with Crippen molar-refractivity contribution in [3.8, 4) is 10.6 Å². The number of pyridine rings is 1. The van der Waals surface area contributed by atoms with E-state index in [1.807, 2.05) is 42.6 Å². The zero-order valence-electron chi connectivity index (χ0n) is 16.4.